The first kappa shape index (κ1) is 13.8. The third-order valence-electron chi connectivity index (χ3n) is 2.81. The summed E-state index contributed by atoms with van der Waals surface area (Å²) in [5.41, 5.74) is 1.04. The molecule has 0 radical (unpaired) electrons. The number of hydrogen-bond acceptors (Lipinski definition) is 2. The van der Waals surface area contributed by atoms with Gasteiger partial charge >= 0.3 is 5.97 Å². The van der Waals surface area contributed by atoms with E-state index in [1.54, 1.807) is 0 Å². The Morgan fingerprint density at radius 3 is 2.40 bits per heavy atom. The average molecular weight is 272 g/mol. The van der Waals surface area contributed by atoms with E-state index in [0.717, 1.165) is 12.1 Å². The van der Waals surface area contributed by atoms with Crippen LogP contribution in [0.15, 0.2) is 36.4 Å². The number of halogens is 2. The topological polar surface area (TPSA) is 26.3 Å². The Bertz CT molecular complexity index is 698. The number of esters is 1. The number of ether oxygens (including phenoxy) is 1. The van der Waals surface area contributed by atoms with Crippen molar-refractivity contribution in [2.45, 2.75) is 0 Å². The van der Waals surface area contributed by atoms with Gasteiger partial charge in [0, 0.05) is 17.2 Å². The van der Waals surface area contributed by atoms with Gasteiger partial charge in [-0.3, -0.25) is 0 Å². The van der Waals surface area contributed by atoms with Crippen molar-refractivity contribution in [1.29, 1.82) is 0 Å². The minimum atomic E-state index is -0.747. The van der Waals surface area contributed by atoms with Gasteiger partial charge in [0.05, 0.1) is 12.7 Å². The van der Waals surface area contributed by atoms with Gasteiger partial charge in [-0.15, -0.1) is 6.42 Å². The van der Waals surface area contributed by atoms with Crippen LogP contribution in [0.5, 0.6) is 0 Å². The van der Waals surface area contributed by atoms with Crippen molar-refractivity contribution in [1.82, 2.24) is 0 Å². The fourth-order valence-corrected chi connectivity index (χ4v) is 1.87. The zero-order valence-corrected chi connectivity index (χ0v) is 10.6. The average Bonchev–Trinajstić information content (AvgIpc) is 2.46. The smallest absolute Gasteiger partial charge is 0.337 e. The van der Waals surface area contributed by atoms with Crippen LogP contribution in [0.3, 0.4) is 0 Å². The summed E-state index contributed by atoms with van der Waals surface area (Å²) in [5.74, 6) is 0.283. The predicted octanol–water partition coefficient (Wildman–Crippen LogP) is 3.40. The molecule has 0 N–H and O–H groups in total. The number of carbonyl (C=O) groups excluding carboxylic acids is 1. The number of hydrogen-bond donors (Lipinski definition) is 0. The summed E-state index contributed by atoms with van der Waals surface area (Å²) in [5, 5.41) is 0. The predicted molar refractivity (Wildman–Crippen MR) is 71.1 cm³/mol. The molecule has 2 aromatic rings. The lowest BCUT2D eigenvalue weighted by atomic mass is 9.98. The Morgan fingerprint density at radius 1 is 1.20 bits per heavy atom. The Hall–Kier alpha value is -2.67. The standard InChI is InChI=1S/C16H10F2O2/c1-3-10-8-13(17)9-14(18)15(10)11-4-6-12(7-5-11)16(19)20-2/h1,4-9H,2H3. The lowest BCUT2D eigenvalue weighted by molar-refractivity contribution is 0.0601. The lowest BCUT2D eigenvalue weighted by Crippen LogP contribution is -2.00. The third kappa shape index (κ3) is 2.52. The van der Waals surface area contributed by atoms with E-state index in [0.29, 0.717) is 11.1 Å². The van der Waals surface area contributed by atoms with Crippen LogP contribution < -0.4 is 0 Å². The molecule has 0 fully saturated rings. The van der Waals surface area contributed by atoms with Crippen LogP contribution in [0.2, 0.25) is 0 Å². The quantitative estimate of drug-likeness (QED) is 0.618. The third-order valence-corrected chi connectivity index (χ3v) is 2.81. The van der Waals surface area contributed by atoms with Crippen LogP contribution >= 0.6 is 0 Å². The summed E-state index contributed by atoms with van der Waals surface area (Å²) in [7, 11) is 1.27. The highest BCUT2D eigenvalue weighted by Crippen LogP contribution is 2.28. The number of benzene rings is 2. The molecule has 0 amide bonds. The highest BCUT2D eigenvalue weighted by atomic mass is 19.1. The molecular weight excluding hydrogens is 262 g/mol. The van der Waals surface area contributed by atoms with Gasteiger partial charge in [-0.05, 0) is 23.8 Å². The summed E-state index contributed by atoms with van der Waals surface area (Å²) in [6.45, 7) is 0. The molecule has 0 bridgehead atoms. The minimum absolute atomic E-state index is 0.119. The molecule has 0 aliphatic rings. The zero-order valence-electron chi connectivity index (χ0n) is 10.6. The molecule has 0 aliphatic heterocycles. The molecule has 2 nitrogen and oxygen atoms in total. The second kappa shape index (κ2) is 5.54. The fraction of sp³-hybridized carbons (Fsp3) is 0.0625. The lowest BCUT2D eigenvalue weighted by Gasteiger charge is -2.08. The first-order valence-electron chi connectivity index (χ1n) is 5.71. The van der Waals surface area contributed by atoms with Gasteiger partial charge in [0.15, 0.2) is 0 Å². The van der Waals surface area contributed by atoms with Crippen LogP contribution in [0.1, 0.15) is 15.9 Å². The molecule has 0 atom stereocenters. The minimum Gasteiger partial charge on any atom is -0.465 e. The SMILES string of the molecule is C#Cc1cc(F)cc(F)c1-c1ccc(C(=O)OC)cc1. The number of terminal acetylenes is 1. The van der Waals surface area contributed by atoms with Crippen molar-refractivity contribution < 1.29 is 18.3 Å². The molecule has 2 rings (SSSR count). The van der Waals surface area contributed by atoms with E-state index in [9.17, 15) is 13.6 Å². The highest BCUT2D eigenvalue weighted by molar-refractivity contribution is 5.90. The van der Waals surface area contributed by atoms with Crippen molar-refractivity contribution in [3.05, 3.63) is 59.2 Å². The van der Waals surface area contributed by atoms with Crippen molar-refractivity contribution in [3.8, 4) is 23.5 Å². The van der Waals surface area contributed by atoms with Gasteiger partial charge in [-0.1, -0.05) is 18.1 Å². The van der Waals surface area contributed by atoms with Crippen molar-refractivity contribution in [2.75, 3.05) is 7.11 Å². The summed E-state index contributed by atoms with van der Waals surface area (Å²) in [6, 6.07) is 7.90. The largest absolute Gasteiger partial charge is 0.465 e. The first-order valence-corrected chi connectivity index (χ1v) is 5.71. The van der Waals surface area contributed by atoms with Crippen LogP contribution in [-0.2, 0) is 4.74 Å². The van der Waals surface area contributed by atoms with Crippen LogP contribution in [0.4, 0.5) is 8.78 Å². The molecule has 0 saturated heterocycles. The Labute approximate surface area is 115 Å². The Kier molecular flexibility index (Phi) is 3.81. The number of rotatable bonds is 2. The highest BCUT2D eigenvalue weighted by Gasteiger charge is 2.13. The number of carbonyl (C=O) groups is 1. The molecule has 0 unspecified atom stereocenters. The van der Waals surface area contributed by atoms with Crippen LogP contribution in [-0.4, -0.2) is 13.1 Å². The second-order valence-electron chi connectivity index (χ2n) is 4.02. The zero-order chi connectivity index (χ0) is 14.7. The van der Waals surface area contributed by atoms with E-state index in [-0.39, 0.29) is 11.1 Å². The van der Waals surface area contributed by atoms with Gasteiger partial charge in [-0.25, -0.2) is 13.6 Å². The maximum absolute atomic E-state index is 13.9. The Morgan fingerprint density at radius 2 is 1.85 bits per heavy atom. The van der Waals surface area contributed by atoms with Crippen molar-refractivity contribution in [2.24, 2.45) is 0 Å². The van der Waals surface area contributed by atoms with Gasteiger partial charge in [0.25, 0.3) is 0 Å². The second-order valence-corrected chi connectivity index (χ2v) is 4.02. The van der Waals surface area contributed by atoms with Gasteiger partial charge in [-0.2, -0.15) is 0 Å². The number of methoxy groups -OCH3 is 1. The fourth-order valence-electron chi connectivity index (χ4n) is 1.87. The van der Waals surface area contributed by atoms with Gasteiger partial charge in [0.2, 0.25) is 0 Å². The maximum Gasteiger partial charge on any atom is 0.337 e. The summed E-state index contributed by atoms with van der Waals surface area (Å²) < 4.78 is 31.6. The molecule has 100 valence electrons. The van der Waals surface area contributed by atoms with E-state index >= 15 is 0 Å². The Balaban J connectivity index is 2.53. The van der Waals surface area contributed by atoms with E-state index in [4.69, 9.17) is 6.42 Å². The summed E-state index contributed by atoms with van der Waals surface area (Å²) in [6.07, 6.45) is 5.27. The normalized spacial score (nSPS) is 9.90. The van der Waals surface area contributed by atoms with Crippen LogP contribution in [0.25, 0.3) is 11.1 Å². The van der Waals surface area contributed by atoms with Gasteiger partial charge < -0.3 is 4.74 Å². The molecule has 2 aromatic carbocycles. The molecule has 20 heavy (non-hydrogen) atoms. The van der Waals surface area contributed by atoms with Crippen LogP contribution in [0, 0.1) is 24.0 Å². The molecule has 0 aliphatic carbocycles. The monoisotopic (exact) mass is 272 g/mol. The van der Waals surface area contributed by atoms with E-state index in [1.165, 1.54) is 31.4 Å². The molecule has 0 spiro atoms. The molecule has 0 saturated carbocycles. The van der Waals surface area contributed by atoms with E-state index < -0.39 is 17.6 Å². The summed E-state index contributed by atoms with van der Waals surface area (Å²) >= 11 is 0. The maximum atomic E-state index is 13.9. The molecule has 0 heterocycles. The van der Waals surface area contributed by atoms with Gasteiger partial charge in [0.1, 0.15) is 11.6 Å². The molecule has 0 aromatic heterocycles. The van der Waals surface area contributed by atoms with Crippen molar-refractivity contribution >= 4 is 5.97 Å². The van der Waals surface area contributed by atoms with Crippen molar-refractivity contribution in [3.63, 3.8) is 0 Å². The van der Waals surface area contributed by atoms with E-state index in [2.05, 4.69) is 10.7 Å². The molecule has 4 heteroatoms. The first-order chi connectivity index (χ1) is 9.56. The van der Waals surface area contributed by atoms with E-state index in [1.807, 2.05) is 0 Å². The summed E-state index contributed by atoms with van der Waals surface area (Å²) in [4.78, 5) is 11.3. The molecular formula is C16H10F2O2.